The van der Waals surface area contributed by atoms with Crippen molar-refractivity contribution in [2.45, 2.75) is 29.9 Å². The van der Waals surface area contributed by atoms with E-state index in [4.69, 9.17) is 16.3 Å². The summed E-state index contributed by atoms with van der Waals surface area (Å²) in [4.78, 5) is 15.4. The monoisotopic (exact) mass is 340 g/mol. The Morgan fingerprint density at radius 1 is 1.45 bits per heavy atom. The highest BCUT2D eigenvalue weighted by Gasteiger charge is 2.32. The number of carbonyl (C=O) groups is 1. The van der Waals surface area contributed by atoms with E-state index >= 15 is 0 Å². The number of fused-ring (bicyclic) bond motifs is 1. The summed E-state index contributed by atoms with van der Waals surface area (Å²) < 4.78 is 5.84. The first-order valence-electron chi connectivity index (χ1n) is 7.72. The summed E-state index contributed by atoms with van der Waals surface area (Å²) in [5, 5.41) is 3.66. The molecule has 6 heteroatoms. The van der Waals surface area contributed by atoms with Crippen molar-refractivity contribution in [1.82, 2.24) is 10.2 Å². The molecule has 2 aliphatic rings. The van der Waals surface area contributed by atoms with Crippen molar-refractivity contribution >= 4 is 29.3 Å². The predicted molar refractivity (Wildman–Crippen MR) is 89.5 cm³/mol. The van der Waals surface area contributed by atoms with Gasteiger partial charge in [0, 0.05) is 24.0 Å². The van der Waals surface area contributed by atoms with Crippen LogP contribution in [0.5, 0.6) is 0 Å². The molecule has 2 fully saturated rings. The van der Waals surface area contributed by atoms with E-state index < -0.39 is 0 Å². The number of halogens is 1. The SMILES string of the molecule is O=C(CSc1ccccc1Cl)NCC1CN2CCCC2CO1. The molecule has 120 valence electrons. The number of ether oxygens (including phenoxy) is 1. The first kappa shape index (κ1) is 16.1. The van der Waals surface area contributed by atoms with Crippen molar-refractivity contribution in [3.05, 3.63) is 29.3 Å². The fraction of sp³-hybridized carbons (Fsp3) is 0.562. The minimum atomic E-state index is 0.0251. The number of amides is 1. The number of thioether (sulfide) groups is 1. The molecule has 0 spiro atoms. The maximum absolute atomic E-state index is 12.0. The molecule has 1 aromatic rings. The van der Waals surface area contributed by atoms with Crippen LogP contribution in [0.3, 0.4) is 0 Å². The first-order valence-corrected chi connectivity index (χ1v) is 9.08. The van der Waals surface area contributed by atoms with Crippen LogP contribution in [0.25, 0.3) is 0 Å². The number of hydrogen-bond acceptors (Lipinski definition) is 4. The van der Waals surface area contributed by atoms with Crippen LogP contribution < -0.4 is 5.32 Å². The topological polar surface area (TPSA) is 41.6 Å². The van der Waals surface area contributed by atoms with E-state index in [1.54, 1.807) is 0 Å². The van der Waals surface area contributed by atoms with Crippen molar-refractivity contribution in [3.63, 3.8) is 0 Å². The molecule has 1 N–H and O–H groups in total. The molecule has 1 amide bonds. The molecule has 0 aliphatic carbocycles. The lowest BCUT2D eigenvalue weighted by Crippen LogP contribution is -2.50. The molecule has 0 bridgehead atoms. The van der Waals surface area contributed by atoms with Gasteiger partial charge in [-0.25, -0.2) is 0 Å². The zero-order valence-corrected chi connectivity index (χ0v) is 14.0. The minimum Gasteiger partial charge on any atom is -0.373 e. The normalized spacial score (nSPS) is 25.0. The summed E-state index contributed by atoms with van der Waals surface area (Å²) >= 11 is 7.54. The van der Waals surface area contributed by atoms with Gasteiger partial charge in [0.1, 0.15) is 0 Å². The summed E-state index contributed by atoms with van der Waals surface area (Å²) in [7, 11) is 0. The smallest absolute Gasteiger partial charge is 0.230 e. The van der Waals surface area contributed by atoms with Gasteiger partial charge < -0.3 is 10.1 Å². The zero-order chi connectivity index (χ0) is 15.4. The fourth-order valence-electron chi connectivity index (χ4n) is 2.99. The second kappa shape index (κ2) is 7.68. The molecule has 2 unspecified atom stereocenters. The molecule has 0 saturated carbocycles. The maximum Gasteiger partial charge on any atom is 0.230 e. The van der Waals surface area contributed by atoms with Gasteiger partial charge in [0.15, 0.2) is 0 Å². The van der Waals surface area contributed by atoms with Crippen molar-refractivity contribution < 1.29 is 9.53 Å². The Morgan fingerprint density at radius 3 is 3.18 bits per heavy atom. The maximum atomic E-state index is 12.0. The minimum absolute atomic E-state index is 0.0251. The quantitative estimate of drug-likeness (QED) is 0.836. The molecule has 2 saturated heterocycles. The number of morpholine rings is 1. The van der Waals surface area contributed by atoms with Gasteiger partial charge in [-0.05, 0) is 31.5 Å². The van der Waals surface area contributed by atoms with E-state index in [1.165, 1.54) is 31.1 Å². The Bertz CT molecular complexity index is 529. The van der Waals surface area contributed by atoms with Crippen molar-refractivity contribution in [2.75, 3.05) is 32.0 Å². The summed E-state index contributed by atoms with van der Waals surface area (Å²) in [6.45, 7) is 3.49. The average Bonchev–Trinajstić information content (AvgIpc) is 2.99. The van der Waals surface area contributed by atoms with Crippen LogP contribution in [0.2, 0.25) is 5.02 Å². The van der Waals surface area contributed by atoms with Crippen LogP contribution in [-0.4, -0.2) is 54.9 Å². The highest BCUT2D eigenvalue weighted by Crippen LogP contribution is 2.26. The van der Waals surface area contributed by atoms with Gasteiger partial charge in [-0.15, -0.1) is 11.8 Å². The van der Waals surface area contributed by atoms with Gasteiger partial charge in [-0.3, -0.25) is 9.69 Å². The molecule has 3 rings (SSSR count). The number of carbonyl (C=O) groups excluding carboxylic acids is 1. The van der Waals surface area contributed by atoms with E-state index in [1.807, 2.05) is 24.3 Å². The summed E-state index contributed by atoms with van der Waals surface area (Å²) in [6, 6.07) is 8.18. The second-order valence-electron chi connectivity index (χ2n) is 5.77. The standard InChI is InChI=1S/C16H21ClN2O2S/c17-14-5-1-2-6-15(14)22-11-16(20)18-8-13-9-19-7-3-4-12(19)10-21-13/h1-2,5-6,12-13H,3-4,7-11H2,(H,18,20). The number of benzene rings is 1. The molecule has 1 aromatic carbocycles. The highest BCUT2D eigenvalue weighted by atomic mass is 35.5. The van der Waals surface area contributed by atoms with E-state index in [2.05, 4.69) is 10.2 Å². The van der Waals surface area contributed by atoms with Crippen LogP contribution in [0.1, 0.15) is 12.8 Å². The van der Waals surface area contributed by atoms with Crippen LogP contribution in [0.4, 0.5) is 0 Å². The molecule has 4 nitrogen and oxygen atoms in total. The van der Waals surface area contributed by atoms with Gasteiger partial charge in [0.05, 0.1) is 23.5 Å². The highest BCUT2D eigenvalue weighted by molar-refractivity contribution is 8.00. The molecular formula is C16H21ClN2O2S. The summed E-state index contributed by atoms with van der Waals surface area (Å²) in [5.41, 5.74) is 0. The predicted octanol–water partition coefficient (Wildman–Crippen LogP) is 2.41. The van der Waals surface area contributed by atoms with Crippen LogP contribution in [-0.2, 0) is 9.53 Å². The Balaban J connectivity index is 1.38. The second-order valence-corrected chi connectivity index (χ2v) is 7.19. The number of hydrogen-bond donors (Lipinski definition) is 1. The average molecular weight is 341 g/mol. The van der Waals surface area contributed by atoms with E-state index in [9.17, 15) is 4.79 Å². The third-order valence-electron chi connectivity index (χ3n) is 4.18. The van der Waals surface area contributed by atoms with Crippen molar-refractivity contribution in [3.8, 4) is 0 Å². The Labute approximate surface area is 140 Å². The molecule has 0 radical (unpaired) electrons. The molecular weight excluding hydrogens is 320 g/mol. The van der Waals surface area contributed by atoms with Crippen LogP contribution in [0, 0.1) is 0 Å². The lowest BCUT2D eigenvalue weighted by atomic mass is 10.2. The van der Waals surface area contributed by atoms with E-state index in [0.29, 0.717) is 23.4 Å². The molecule has 0 aromatic heterocycles. The molecule has 22 heavy (non-hydrogen) atoms. The summed E-state index contributed by atoms with van der Waals surface area (Å²) in [6.07, 6.45) is 2.62. The van der Waals surface area contributed by atoms with Crippen LogP contribution >= 0.6 is 23.4 Å². The van der Waals surface area contributed by atoms with Gasteiger partial charge in [-0.1, -0.05) is 23.7 Å². The number of rotatable bonds is 5. The first-order chi connectivity index (χ1) is 10.7. The number of nitrogens with zero attached hydrogens (tertiary/aromatic N) is 1. The molecule has 2 atom stereocenters. The summed E-state index contributed by atoms with van der Waals surface area (Å²) in [5.74, 6) is 0.403. The Kier molecular flexibility index (Phi) is 5.63. The molecule has 2 heterocycles. The van der Waals surface area contributed by atoms with Crippen molar-refractivity contribution in [2.24, 2.45) is 0 Å². The third kappa shape index (κ3) is 4.16. The lowest BCUT2D eigenvalue weighted by Gasteiger charge is -2.35. The lowest BCUT2D eigenvalue weighted by molar-refractivity contribution is -0.120. The third-order valence-corrected chi connectivity index (χ3v) is 5.70. The van der Waals surface area contributed by atoms with E-state index in [-0.39, 0.29) is 12.0 Å². The van der Waals surface area contributed by atoms with Gasteiger partial charge >= 0.3 is 0 Å². The zero-order valence-electron chi connectivity index (χ0n) is 12.5. The van der Waals surface area contributed by atoms with Crippen LogP contribution in [0.15, 0.2) is 29.2 Å². The van der Waals surface area contributed by atoms with Gasteiger partial charge in [0.25, 0.3) is 0 Å². The number of nitrogens with one attached hydrogen (secondary N) is 1. The Morgan fingerprint density at radius 2 is 2.32 bits per heavy atom. The van der Waals surface area contributed by atoms with Gasteiger partial charge in [0.2, 0.25) is 5.91 Å². The van der Waals surface area contributed by atoms with Gasteiger partial charge in [-0.2, -0.15) is 0 Å². The fourth-order valence-corrected chi connectivity index (χ4v) is 4.06. The van der Waals surface area contributed by atoms with Crippen molar-refractivity contribution in [1.29, 1.82) is 0 Å². The molecule has 2 aliphatic heterocycles. The largest absolute Gasteiger partial charge is 0.373 e. The van der Waals surface area contributed by atoms with E-state index in [0.717, 1.165) is 18.0 Å². The Hall–Kier alpha value is -0.750.